The molecule has 25 heavy (non-hydrogen) atoms. The number of nitrogens with one attached hydrogen (secondary N) is 1. The number of hydrogen-bond acceptors (Lipinski definition) is 3. The van der Waals surface area contributed by atoms with Gasteiger partial charge in [-0.25, -0.2) is 0 Å². The van der Waals surface area contributed by atoms with E-state index in [1.54, 1.807) is 24.3 Å². The van der Waals surface area contributed by atoms with Gasteiger partial charge in [-0.2, -0.15) is 14.0 Å². The Balaban J connectivity index is 2.32. The molecule has 2 aromatic rings. The second-order valence-electron chi connectivity index (χ2n) is 5.05. The number of benzene rings is 2. The van der Waals surface area contributed by atoms with Crippen molar-refractivity contribution in [2.75, 3.05) is 5.32 Å². The van der Waals surface area contributed by atoms with Crippen molar-refractivity contribution < 1.29 is 18.3 Å². The summed E-state index contributed by atoms with van der Waals surface area (Å²) in [5.41, 5.74) is 1.42. The lowest BCUT2D eigenvalue weighted by molar-refractivity contribution is -0.112. The number of carbonyl (C=O) groups excluding carboxylic acids is 1. The average Bonchev–Trinajstić information content (AvgIpc) is 2.54. The fraction of sp³-hybridized carbons (Fsp3) is 0.111. The standard InChI is InChI=1S/C18H13BrF2N2O2/c1-11-3-2-4-15(7-11)23-17(24)13(10-22)8-12-9-14(19)5-6-16(12)25-18(20)21/h2-9,18H,1H3,(H,23,24)/b13-8+. The SMILES string of the molecule is Cc1cccc(NC(=O)/C(C#N)=C/c2cc(Br)ccc2OC(F)F)c1. The summed E-state index contributed by atoms with van der Waals surface area (Å²) < 4.78 is 30.0. The number of rotatable bonds is 5. The van der Waals surface area contributed by atoms with Crippen LogP contribution in [0.4, 0.5) is 14.5 Å². The van der Waals surface area contributed by atoms with E-state index in [2.05, 4.69) is 26.0 Å². The predicted molar refractivity (Wildman–Crippen MR) is 94.2 cm³/mol. The highest BCUT2D eigenvalue weighted by Crippen LogP contribution is 2.27. The fourth-order valence-corrected chi connectivity index (χ4v) is 2.44. The van der Waals surface area contributed by atoms with Gasteiger partial charge in [0.15, 0.2) is 0 Å². The molecule has 0 radical (unpaired) electrons. The number of nitriles is 1. The Bertz CT molecular complexity index is 860. The Morgan fingerprint density at radius 1 is 1.32 bits per heavy atom. The molecule has 0 aromatic heterocycles. The van der Waals surface area contributed by atoms with Crippen LogP contribution < -0.4 is 10.1 Å². The number of ether oxygens (including phenoxy) is 1. The molecule has 0 spiro atoms. The van der Waals surface area contributed by atoms with Gasteiger partial charge in [0.1, 0.15) is 17.4 Å². The molecule has 2 rings (SSSR count). The normalized spacial score (nSPS) is 11.1. The molecule has 0 saturated heterocycles. The van der Waals surface area contributed by atoms with E-state index in [1.165, 1.54) is 24.3 Å². The zero-order valence-electron chi connectivity index (χ0n) is 13.1. The van der Waals surface area contributed by atoms with Crippen LogP contribution in [0.25, 0.3) is 6.08 Å². The van der Waals surface area contributed by atoms with Crippen molar-refractivity contribution >= 4 is 33.6 Å². The molecule has 0 atom stereocenters. The largest absolute Gasteiger partial charge is 0.434 e. The number of nitrogens with zero attached hydrogens (tertiary/aromatic N) is 1. The van der Waals surface area contributed by atoms with E-state index in [1.807, 2.05) is 13.0 Å². The molecule has 0 aliphatic rings. The van der Waals surface area contributed by atoms with Crippen LogP contribution in [0.2, 0.25) is 0 Å². The van der Waals surface area contributed by atoms with Crippen molar-refractivity contribution in [3.63, 3.8) is 0 Å². The number of amides is 1. The minimum Gasteiger partial charge on any atom is -0.434 e. The van der Waals surface area contributed by atoms with Gasteiger partial charge in [0.2, 0.25) is 0 Å². The van der Waals surface area contributed by atoms with Gasteiger partial charge in [-0.1, -0.05) is 28.1 Å². The third kappa shape index (κ3) is 5.40. The number of aryl methyl sites for hydroxylation is 1. The molecule has 0 bridgehead atoms. The van der Waals surface area contributed by atoms with Crippen LogP contribution in [0.1, 0.15) is 11.1 Å². The van der Waals surface area contributed by atoms with E-state index in [4.69, 9.17) is 0 Å². The summed E-state index contributed by atoms with van der Waals surface area (Å²) in [4.78, 5) is 12.3. The molecule has 0 fully saturated rings. The highest BCUT2D eigenvalue weighted by molar-refractivity contribution is 9.10. The molecule has 0 aliphatic heterocycles. The molecular formula is C18H13BrF2N2O2. The molecule has 0 unspecified atom stereocenters. The molecule has 0 heterocycles. The molecular weight excluding hydrogens is 394 g/mol. The highest BCUT2D eigenvalue weighted by atomic mass is 79.9. The number of alkyl halides is 2. The van der Waals surface area contributed by atoms with Crippen molar-refractivity contribution in [1.82, 2.24) is 0 Å². The topological polar surface area (TPSA) is 62.1 Å². The van der Waals surface area contributed by atoms with Crippen LogP contribution in [0.5, 0.6) is 5.75 Å². The third-order valence-electron chi connectivity index (χ3n) is 3.13. The van der Waals surface area contributed by atoms with Crippen molar-refractivity contribution in [1.29, 1.82) is 5.26 Å². The van der Waals surface area contributed by atoms with Gasteiger partial charge in [0.25, 0.3) is 5.91 Å². The monoisotopic (exact) mass is 406 g/mol. The summed E-state index contributed by atoms with van der Waals surface area (Å²) in [5, 5.41) is 11.9. The first kappa shape index (κ1) is 18.6. The van der Waals surface area contributed by atoms with Gasteiger partial charge in [0.05, 0.1) is 0 Å². The number of anilines is 1. The second-order valence-corrected chi connectivity index (χ2v) is 5.97. The lowest BCUT2D eigenvalue weighted by Gasteiger charge is -2.09. The summed E-state index contributed by atoms with van der Waals surface area (Å²) in [6.45, 7) is -1.15. The van der Waals surface area contributed by atoms with E-state index in [-0.39, 0.29) is 16.9 Å². The van der Waals surface area contributed by atoms with Crippen molar-refractivity contribution in [3.8, 4) is 11.8 Å². The first-order chi connectivity index (χ1) is 11.9. The van der Waals surface area contributed by atoms with Crippen molar-refractivity contribution in [2.24, 2.45) is 0 Å². The summed E-state index contributed by atoms with van der Waals surface area (Å²) >= 11 is 3.22. The first-order valence-corrected chi connectivity index (χ1v) is 7.92. The maximum absolute atomic E-state index is 12.5. The summed E-state index contributed by atoms with van der Waals surface area (Å²) in [6.07, 6.45) is 1.20. The Labute approximate surface area is 151 Å². The molecule has 7 heteroatoms. The molecule has 128 valence electrons. The fourth-order valence-electron chi connectivity index (χ4n) is 2.06. The van der Waals surface area contributed by atoms with Crippen molar-refractivity contribution in [2.45, 2.75) is 13.5 Å². The maximum Gasteiger partial charge on any atom is 0.387 e. The molecule has 0 saturated carbocycles. The van der Waals surface area contributed by atoms with Crippen molar-refractivity contribution in [3.05, 3.63) is 63.6 Å². The van der Waals surface area contributed by atoms with E-state index in [0.29, 0.717) is 10.2 Å². The molecule has 2 aromatic carbocycles. The minimum atomic E-state index is -3.01. The molecule has 4 nitrogen and oxygen atoms in total. The number of halogens is 3. The van der Waals surface area contributed by atoms with Gasteiger partial charge in [-0.05, 0) is 48.9 Å². The van der Waals surface area contributed by atoms with Crippen LogP contribution in [-0.2, 0) is 4.79 Å². The Morgan fingerprint density at radius 3 is 2.72 bits per heavy atom. The zero-order valence-corrected chi connectivity index (χ0v) is 14.7. The summed E-state index contributed by atoms with van der Waals surface area (Å²) in [6, 6.07) is 13.2. The molecule has 1 amide bonds. The van der Waals surface area contributed by atoms with Gasteiger partial charge < -0.3 is 10.1 Å². The molecule has 0 aliphatic carbocycles. The lowest BCUT2D eigenvalue weighted by atomic mass is 10.1. The Hall–Kier alpha value is -2.72. The Morgan fingerprint density at radius 2 is 2.08 bits per heavy atom. The van der Waals surface area contributed by atoms with Crippen LogP contribution in [0.3, 0.4) is 0 Å². The van der Waals surface area contributed by atoms with Crippen LogP contribution >= 0.6 is 15.9 Å². The first-order valence-electron chi connectivity index (χ1n) is 7.13. The van der Waals surface area contributed by atoms with Gasteiger partial charge in [0, 0.05) is 15.7 Å². The maximum atomic E-state index is 12.5. The van der Waals surface area contributed by atoms with Gasteiger partial charge >= 0.3 is 6.61 Å². The van der Waals surface area contributed by atoms with Crippen LogP contribution in [0.15, 0.2) is 52.5 Å². The summed E-state index contributed by atoms with van der Waals surface area (Å²) in [7, 11) is 0. The average molecular weight is 407 g/mol. The minimum absolute atomic E-state index is 0.130. The smallest absolute Gasteiger partial charge is 0.387 e. The number of carbonyl (C=O) groups is 1. The van der Waals surface area contributed by atoms with Gasteiger partial charge in [-0.15, -0.1) is 0 Å². The highest BCUT2D eigenvalue weighted by Gasteiger charge is 2.14. The lowest BCUT2D eigenvalue weighted by Crippen LogP contribution is -2.13. The second kappa shape index (κ2) is 8.40. The Kier molecular flexibility index (Phi) is 6.25. The summed E-state index contributed by atoms with van der Waals surface area (Å²) in [5.74, 6) is -0.773. The van der Waals surface area contributed by atoms with E-state index in [9.17, 15) is 18.8 Å². The van der Waals surface area contributed by atoms with E-state index < -0.39 is 12.5 Å². The van der Waals surface area contributed by atoms with Crippen LogP contribution in [0, 0.1) is 18.3 Å². The zero-order chi connectivity index (χ0) is 18.4. The van der Waals surface area contributed by atoms with E-state index in [0.717, 1.165) is 5.56 Å². The van der Waals surface area contributed by atoms with Crippen LogP contribution in [-0.4, -0.2) is 12.5 Å². The third-order valence-corrected chi connectivity index (χ3v) is 3.62. The molecule has 1 N–H and O–H groups in total. The van der Waals surface area contributed by atoms with E-state index >= 15 is 0 Å². The van der Waals surface area contributed by atoms with Gasteiger partial charge in [-0.3, -0.25) is 4.79 Å². The number of hydrogen-bond donors (Lipinski definition) is 1. The predicted octanol–water partition coefficient (Wildman–Crippen LogP) is 4.90. The quantitative estimate of drug-likeness (QED) is 0.566.